The van der Waals surface area contributed by atoms with Gasteiger partial charge in [0.1, 0.15) is 6.10 Å². The van der Waals surface area contributed by atoms with Crippen LogP contribution in [0.25, 0.3) is 11.2 Å². The van der Waals surface area contributed by atoms with E-state index in [1.807, 2.05) is 18.2 Å². The summed E-state index contributed by atoms with van der Waals surface area (Å²) in [6.45, 7) is 1.17. The Morgan fingerprint density at radius 1 is 1.30 bits per heavy atom. The van der Waals surface area contributed by atoms with Crippen LogP contribution in [-0.2, 0) is 16.1 Å². The van der Waals surface area contributed by atoms with Crippen LogP contribution in [0, 0.1) is 23.2 Å². The zero-order valence-electron chi connectivity index (χ0n) is 21.9. The third kappa shape index (κ3) is 5.09. The van der Waals surface area contributed by atoms with Crippen molar-refractivity contribution in [3.63, 3.8) is 0 Å². The summed E-state index contributed by atoms with van der Waals surface area (Å²) in [5.41, 5.74) is 6.16. The van der Waals surface area contributed by atoms with E-state index in [-0.39, 0.29) is 30.0 Å². The highest BCUT2D eigenvalue weighted by molar-refractivity contribution is 6.30. The molecule has 5 atom stereocenters. The Balaban J connectivity index is 1.47. The van der Waals surface area contributed by atoms with Crippen molar-refractivity contribution >= 4 is 40.4 Å². The minimum atomic E-state index is -1.22. The molecule has 0 radical (unpaired) electrons. The highest BCUT2D eigenvalue weighted by Crippen LogP contribution is 2.67. The van der Waals surface area contributed by atoms with Crippen LogP contribution < -0.4 is 21.7 Å². The molecule has 2 heterocycles. The van der Waals surface area contributed by atoms with Crippen molar-refractivity contribution in [2.24, 2.45) is 17.1 Å². The molecule has 2 aliphatic rings. The van der Waals surface area contributed by atoms with Gasteiger partial charge in [-0.25, -0.2) is 15.0 Å². The number of aliphatic hydroxyl groups excluding tert-OH is 2. The largest absolute Gasteiger partial charge is 0.389 e. The van der Waals surface area contributed by atoms with Gasteiger partial charge in [0.25, 0.3) is 0 Å². The Morgan fingerprint density at radius 3 is 2.88 bits per heavy atom. The molecule has 12 nitrogen and oxygen atoms in total. The van der Waals surface area contributed by atoms with E-state index in [0.717, 1.165) is 5.56 Å². The SMILES string of the molecule is CNC(=O)[C@]12C[C@H]1[C@H](n1cnc3c(NCc4cccc(Cl)c4)nc(C#CCCC(=O)NCCN)nc31)[C@@H](O)[C@H]2O. The summed E-state index contributed by atoms with van der Waals surface area (Å²) in [6.07, 6.45) is 0.0929. The summed E-state index contributed by atoms with van der Waals surface area (Å²) in [7, 11) is 1.52. The number of carbonyl (C=O) groups is 2. The fourth-order valence-electron chi connectivity index (χ4n) is 5.55. The number of hydrogen-bond acceptors (Lipinski definition) is 9. The number of rotatable bonds is 9. The fraction of sp³-hybridized carbons (Fsp3) is 0.444. The molecule has 2 aliphatic carbocycles. The molecular weight excluding hydrogens is 536 g/mol. The van der Waals surface area contributed by atoms with Gasteiger partial charge >= 0.3 is 0 Å². The van der Waals surface area contributed by atoms with E-state index in [9.17, 15) is 19.8 Å². The zero-order chi connectivity index (χ0) is 28.4. The van der Waals surface area contributed by atoms with Gasteiger partial charge in [-0.05, 0) is 30.0 Å². The number of halogens is 1. The number of nitrogens with one attached hydrogen (secondary N) is 3. The fourth-order valence-corrected chi connectivity index (χ4v) is 5.76. The maximum Gasteiger partial charge on any atom is 0.229 e. The van der Waals surface area contributed by atoms with Crippen molar-refractivity contribution in [3.05, 3.63) is 47.0 Å². The Morgan fingerprint density at radius 2 is 2.12 bits per heavy atom. The molecule has 13 heteroatoms. The summed E-state index contributed by atoms with van der Waals surface area (Å²) in [5.74, 6) is 5.77. The topological polar surface area (TPSA) is 180 Å². The Bertz CT molecular complexity index is 1500. The van der Waals surface area contributed by atoms with E-state index < -0.39 is 23.7 Å². The molecule has 0 bridgehead atoms. The van der Waals surface area contributed by atoms with Crippen molar-refractivity contribution in [3.8, 4) is 11.8 Å². The average molecular weight is 567 g/mol. The van der Waals surface area contributed by atoms with E-state index in [1.54, 1.807) is 17.0 Å². The maximum atomic E-state index is 12.6. The van der Waals surface area contributed by atoms with Gasteiger partial charge in [-0.2, -0.15) is 0 Å². The molecule has 3 aromatic rings. The van der Waals surface area contributed by atoms with Crippen LogP contribution in [-0.4, -0.2) is 73.9 Å². The van der Waals surface area contributed by atoms with E-state index >= 15 is 0 Å². The van der Waals surface area contributed by atoms with Crippen molar-refractivity contribution in [2.75, 3.05) is 25.5 Å². The van der Waals surface area contributed by atoms with Gasteiger partial charge in [0, 0.05) is 50.5 Å². The number of imidazole rings is 1. The van der Waals surface area contributed by atoms with Crippen LogP contribution in [0.4, 0.5) is 5.82 Å². The molecule has 7 N–H and O–H groups in total. The van der Waals surface area contributed by atoms with Crippen molar-refractivity contribution in [1.82, 2.24) is 30.2 Å². The number of fused-ring (bicyclic) bond motifs is 2. The Labute approximate surface area is 235 Å². The van der Waals surface area contributed by atoms with Gasteiger partial charge in [0.05, 0.1) is 23.9 Å². The van der Waals surface area contributed by atoms with Crippen LogP contribution >= 0.6 is 11.6 Å². The first-order valence-electron chi connectivity index (χ1n) is 13.1. The molecule has 1 aromatic carbocycles. The lowest BCUT2D eigenvalue weighted by molar-refractivity contribution is -0.132. The molecule has 210 valence electrons. The molecule has 2 amide bonds. The predicted molar refractivity (Wildman–Crippen MR) is 148 cm³/mol. The standard InChI is InChI=1S/C27H31ClN8O4/c1-30-26(40)27-12-17(27)21(22(38)23(27)39)36-14-33-20-24(32-13-15-5-4-6-16(28)11-15)34-18(35-25(20)36)7-2-3-8-19(37)31-10-9-29/h4-6,11,14,17,21-23,38-39H,3,8-10,12-13,29H2,1H3,(H,30,40)(H,31,37)(H,32,34,35)/t17-,21-,22+,23+,27+/m0/s1. The number of anilines is 1. The number of carbonyl (C=O) groups excluding carboxylic acids is 2. The van der Waals surface area contributed by atoms with Crippen molar-refractivity contribution in [1.29, 1.82) is 0 Å². The number of nitrogens with two attached hydrogens (primary N) is 1. The number of nitrogens with zero attached hydrogens (tertiary/aromatic N) is 4. The van der Waals surface area contributed by atoms with Gasteiger partial charge in [0.2, 0.25) is 17.6 Å². The average Bonchev–Trinajstić information content (AvgIpc) is 3.49. The summed E-state index contributed by atoms with van der Waals surface area (Å²) in [4.78, 5) is 38.2. The molecular formula is C27H31ClN8O4. The lowest BCUT2D eigenvalue weighted by atomic mass is 9.98. The second-order valence-corrected chi connectivity index (χ2v) is 10.4. The molecule has 40 heavy (non-hydrogen) atoms. The second-order valence-electron chi connectivity index (χ2n) is 10.00. The smallest absolute Gasteiger partial charge is 0.229 e. The summed E-state index contributed by atoms with van der Waals surface area (Å²) in [6, 6.07) is 6.79. The van der Waals surface area contributed by atoms with Crippen LogP contribution in [0.5, 0.6) is 0 Å². The molecule has 0 saturated heterocycles. The van der Waals surface area contributed by atoms with E-state index in [1.165, 1.54) is 7.05 Å². The lowest BCUT2D eigenvalue weighted by Gasteiger charge is -2.23. The summed E-state index contributed by atoms with van der Waals surface area (Å²) < 4.78 is 1.70. The minimum Gasteiger partial charge on any atom is -0.389 e. The minimum absolute atomic E-state index is 0.143. The molecule has 0 unspecified atom stereocenters. The number of aromatic nitrogens is 4. The maximum absolute atomic E-state index is 12.6. The lowest BCUT2D eigenvalue weighted by Crippen LogP contribution is -2.41. The third-order valence-electron chi connectivity index (χ3n) is 7.56. The Hall–Kier alpha value is -3.76. The van der Waals surface area contributed by atoms with Crippen molar-refractivity contribution < 1.29 is 19.8 Å². The Kier molecular flexibility index (Phi) is 7.91. The van der Waals surface area contributed by atoms with E-state index in [4.69, 9.17) is 17.3 Å². The van der Waals surface area contributed by atoms with E-state index in [2.05, 4.69) is 42.7 Å². The number of hydrogen-bond donors (Lipinski definition) is 6. The first kappa shape index (κ1) is 27.8. The second kappa shape index (κ2) is 11.4. The molecule has 0 spiro atoms. The van der Waals surface area contributed by atoms with Gasteiger partial charge < -0.3 is 36.5 Å². The predicted octanol–water partition coefficient (Wildman–Crippen LogP) is 0.327. The van der Waals surface area contributed by atoms with Gasteiger partial charge in [0.15, 0.2) is 17.0 Å². The highest BCUT2D eigenvalue weighted by Gasteiger charge is 2.75. The van der Waals surface area contributed by atoms with E-state index in [0.29, 0.717) is 54.5 Å². The van der Waals surface area contributed by atoms with Gasteiger partial charge in [-0.15, -0.1) is 0 Å². The number of amides is 2. The zero-order valence-corrected chi connectivity index (χ0v) is 22.6. The normalized spacial score (nSPS) is 24.6. The first-order chi connectivity index (χ1) is 19.3. The number of aliphatic hydroxyl groups is 2. The highest BCUT2D eigenvalue weighted by atomic mass is 35.5. The van der Waals surface area contributed by atoms with Crippen LogP contribution in [0.1, 0.15) is 36.7 Å². The molecule has 2 fully saturated rings. The van der Waals surface area contributed by atoms with Crippen LogP contribution in [0.3, 0.4) is 0 Å². The summed E-state index contributed by atoms with van der Waals surface area (Å²) in [5, 5.41) is 31.0. The van der Waals surface area contributed by atoms with Crippen LogP contribution in [0.15, 0.2) is 30.6 Å². The van der Waals surface area contributed by atoms with Crippen LogP contribution in [0.2, 0.25) is 5.02 Å². The van der Waals surface area contributed by atoms with Crippen molar-refractivity contribution in [2.45, 2.75) is 44.1 Å². The third-order valence-corrected chi connectivity index (χ3v) is 7.79. The molecule has 5 rings (SSSR count). The molecule has 2 aromatic heterocycles. The molecule has 0 aliphatic heterocycles. The molecule has 2 saturated carbocycles. The number of benzene rings is 1. The van der Waals surface area contributed by atoms with Gasteiger partial charge in [-0.3, -0.25) is 9.59 Å². The van der Waals surface area contributed by atoms with Gasteiger partial charge in [-0.1, -0.05) is 29.7 Å². The monoisotopic (exact) mass is 566 g/mol. The summed E-state index contributed by atoms with van der Waals surface area (Å²) >= 11 is 6.14. The quantitative estimate of drug-likeness (QED) is 0.199. The first-order valence-corrected chi connectivity index (χ1v) is 13.4.